The molecule has 1 N–H and O–H groups in total. The summed E-state index contributed by atoms with van der Waals surface area (Å²) in [6.07, 6.45) is 0. The van der Waals surface area contributed by atoms with Crippen molar-refractivity contribution in [2.24, 2.45) is 0 Å². The van der Waals surface area contributed by atoms with Crippen LogP contribution in [-0.2, 0) is 9.59 Å². The van der Waals surface area contributed by atoms with Crippen LogP contribution in [0, 0.1) is 20.8 Å². The van der Waals surface area contributed by atoms with Gasteiger partial charge in [-0.05, 0) is 63.9 Å². The van der Waals surface area contributed by atoms with Crippen molar-refractivity contribution >= 4 is 35.0 Å². The Kier molecular flexibility index (Phi) is 7.48. The van der Waals surface area contributed by atoms with E-state index in [9.17, 15) is 9.59 Å². The van der Waals surface area contributed by atoms with E-state index in [2.05, 4.69) is 5.32 Å². The van der Waals surface area contributed by atoms with E-state index in [4.69, 9.17) is 0 Å². The first kappa shape index (κ1) is 21.0. The quantitative estimate of drug-likeness (QED) is 0.751. The molecule has 0 aromatic heterocycles. The Hall–Kier alpha value is -2.27. The van der Waals surface area contributed by atoms with Crippen molar-refractivity contribution in [3.8, 4) is 0 Å². The van der Waals surface area contributed by atoms with Crippen LogP contribution in [0.4, 0.5) is 11.4 Å². The second-order valence-electron chi connectivity index (χ2n) is 7.05. The van der Waals surface area contributed by atoms with Crippen LogP contribution in [0.2, 0.25) is 0 Å². The van der Waals surface area contributed by atoms with Gasteiger partial charge in [-0.2, -0.15) is 0 Å². The average molecular weight is 385 g/mol. The third-order valence-corrected chi connectivity index (χ3v) is 5.12. The summed E-state index contributed by atoms with van der Waals surface area (Å²) in [6, 6.07) is 13.9. The minimum Gasteiger partial charge on any atom is -0.325 e. The third kappa shape index (κ3) is 6.14. The van der Waals surface area contributed by atoms with E-state index in [0.29, 0.717) is 0 Å². The first-order valence-electron chi connectivity index (χ1n) is 9.11. The Balaban J connectivity index is 1.93. The zero-order valence-corrected chi connectivity index (χ0v) is 17.5. The van der Waals surface area contributed by atoms with E-state index in [1.165, 1.54) is 11.8 Å². The molecule has 2 aromatic rings. The number of benzene rings is 2. The Morgan fingerprint density at radius 2 is 1.59 bits per heavy atom. The lowest BCUT2D eigenvalue weighted by Crippen LogP contribution is -2.39. The number of carbonyl (C=O) groups is 2. The van der Waals surface area contributed by atoms with Gasteiger partial charge in [-0.3, -0.25) is 9.59 Å². The molecule has 0 heterocycles. The van der Waals surface area contributed by atoms with Crippen LogP contribution >= 0.6 is 11.8 Å². The number of hydrogen-bond acceptors (Lipinski definition) is 3. The van der Waals surface area contributed by atoms with Crippen molar-refractivity contribution in [2.75, 3.05) is 21.7 Å². The molecule has 0 bridgehead atoms. The Morgan fingerprint density at radius 1 is 0.963 bits per heavy atom. The van der Waals surface area contributed by atoms with Crippen molar-refractivity contribution < 1.29 is 9.59 Å². The first-order valence-corrected chi connectivity index (χ1v) is 10.3. The minimum absolute atomic E-state index is 0.0202. The summed E-state index contributed by atoms with van der Waals surface area (Å²) in [5.74, 6) is 0.442. The molecule has 144 valence electrons. The number of nitrogens with one attached hydrogen (secondary N) is 1. The van der Waals surface area contributed by atoms with E-state index in [0.717, 1.165) is 28.1 Å². The zero-order valence-electron chi connectivity index (χ0n) is 16.7. The van der Waals surface area contributed by atoms with Crippen LogP contribution in [0.3, 0.4) is 0 Å². The van der Waals surface area contributed by atoms with E-state index in [1.807, 2.05) is 82.0 Å². The second-order valence-corrected chi connectivity index (χ2v) is 8.04. The average Bonchev–Trinajstić information content (AvgIpc) is 2.60. The largest absolute Gasteiger partial charge is 0.325 e. The van der Waals surface area contributed by atoms with Gasteiger partial charge in [0.1, 0.15) is 0 Å². The van der Waals surface area contributed by atoms with Gasteiger partial charge in [-0.1, -0.05) is 29.8 Å². The number of rotatable bonds is 7. The van der Waals surface area contributed by atoms with Crippen molar-refractivity contribution in [3.05, 3.63) is 59.2 Å². The number of aryl methyl sites for hydroxylation is 3. The maximum atomic E-state index is 12.8. The van der Waals surface area contributed by atoms with Gasteiger partial charge in [0.25, 0.3) is 0 Å². The van der Waals surface area contributed by atoms with E-state index < -0.39 is 0 Å². The standard InChI is InChI=1S/C22H28N2O2S/c1-15(2)24(20-12-17(4)6-9-18(20)5)22(26)14-27-13-21(25)23-19-10-7-16(3)8-11-19/h6-12,15H,13-14H2,1-5H3,(H,23,25). The van der Waals surface area contributed by atoms with Gasteiger partial charge >= 0.3 is 0 Å². The predicted octanol–water partition coefficient (Wildman–Crippen LogP) is 4.73. The first-order chi connectivity index (χ1) is 12.8. The van der Waals surface area contributed by atoms with Crippen molar-refractivity contribution in [3.63, 3.8) is 0 Å². The lowest BCUT2D eigenvalue weighted by atomic mass is 10.1. The molecule has 0 aliphatic heterocycles. The molecule has 0 fully saturated rings. The number of nitrogens with zero attached hydrogens (tertiary/aromatic N) is 1. The lowest BCUT2D eigenvalue weighted by molar-refractivity contribution is -0.116. The molecule has 2 amide bonds. The number of carbonyl (C=O) groups excluding carboxylic acids is 2. The summed E-state index contributed by atoms with van der Waals surface area (Å²) >= 11 is 1.34. The molecule has 0 radical (unpaired) electrons. The molecule has 2 rings (SSSR count). The molecule has 0 atom stereocenters. The molecule has 4 nitrogen and oxygen atoms in total. The fourth-order valence-electron chi connectivity index (χ4n) is 2.81. The molecule has 27 heavy (non-hydrogen) atoms. The monoisotopic (exact) mass is 384 g/mol. The number of amides is 2. The minimum atomic E-state index is -0.0977. The molecular weight excluding hydrogens is 356 g/mol. The Morgan fingerprint density at radius 3 is 2.22 bits per heavy atom. The van der Waals surface area contributed by atoms with Crippen molar-refractivity contribution in [1.29, 1.82) is 0 Å². The van der Waals surface area contributed by atoms with E-state index >= 15 is 0 Å². The molecule has 0 unspecified atom stereocenters. The molecule has 0 saturated carbocycles. The van der Waals surface area contributed by atoms with Crippen LogP contribution in [0.5, 0.6) is 0 Å². The second kappa shape index (κ2) is 9.60. The van der Waals surface area contributed by atoms with Gasteiger partial charge in [0.15, 0.2) is 0 Å². The molecule has 2 aromatic carbocycles. The van der Waals surface area contributed by atoms with Crippen LogP contribution in [0.1, 0.15) is 30.5 Å². The van der Waals surface area contributed by atoms with Crippen molar-refractivity contribution in [2.45, 2.75) is 40.7 Å². The number of anilines is 2. The fraction of sp³-hybridized carbons (Fsp3) is 0.364. The number of hydrogen-bond donors (Lipinski definition) is 1. The van der Waals surface area contributed by atoms with Gasteiger partial charge in [0, 0.05) is 17.4 Å². The highest BCUT2D eigenvalue weighted by Crippen LogP contribution is 2.24. The van der Waals surface area contributed by atoms with E-state index in [-0.39, 0.29) is 29.4 Å². The summed E-state index contributed by atoms with van der Waals surface area (Å²) in [6.45, 7) is 10.1. The van der Waals surface area contributed by atoms with Crippen molar-refractivity contribution in [1.82, 2.24) is 0 Å². The maximum Gasteiger partial charge on any atom is 0.237 e. The van der Waals surface area contributed by atoms with Gasteiger partial charge in [-0.25, -0.2) is 0 Å². The Bertz CT molecular complexity index is 800. The van der Waals surface area contributed by atoms with E-state index in [1.54, 1.807) is 0 Å². The maximum absolute atomic E-state index is 12.8. The highest BCUT2D eigenvalue weighted by molar-refractivity contribution is 8.00. The zero-order chi connectivity index (χ0) is 20.0. The molecular formula is C22H28N2O2S. The summed E-state index contributed by atoms with van der Waals surface area (Å²) in [5, 5.41) is 2.86. The smallest absolute Gasteiger partial charge is 0.237 e. The molecule has 5 heteroatoms. The highest BCUT2D eigenvalue weighted by atomic mass is 32.2. The molecule has 0 saturated heterocycles. The summed E-state index contributed by atoms with van der Waals surface area (Å²) < 4.78 is 0. The van der Waals surface area contributed by atoms with Crippen LogP contribution in [0.25, 0.3) is 0 Å². The predicted molar refractivity (Wildman–Crippen MR) is 116 cm³/mol. The topological polar surface area (TPSA) is 49.4 Å². The lowest BCUT2D eigenvalue weighted by Gasteiger charge is -2.28. The van der Waals surface area contributed by atoms with Crippen LogP contribution in [-0.4, -0.2) is 29.4 Å². The van der Waals surface area contributed by atoms with Gasteiger partial charge < -0.3 is 10.2 Å². The van der Waals surface area contributed by atoms with Crippen LogP contribution in [0.15, 0.2) is 42.5 Å². The SMILES string of the molecule is Cc1ccc(NC(=O)CSCC(=O)N(c2cc(C)ccc2C)C(C)C)cc1. The fourth-order valence-corrected chi connectivity index (χ4v) is 3.49. The summed E-state index contributed by atoms with van der Waals surface area (Å²) in [4.78, 5) is 26.7. The van der Waals surface area contributed by atoms with Crippen LogP contribution < -0.4 is 10.2 Å². The normalized spacial score (nSPS) is 10.7. The van der Waals surface area contributed by atoms with Gasteiger partial charge in [0.2, 0.25) is 11.8 Å². The summed E-state index contributed by atoms with van der Waals surface area (Å²) in [7, 11) is 0. The third-order valence-electron chi connectivity index (χ3n) is 4.20. The Labute approximate surface area is 166 Å². The molecule has 0 aliphatic carbocycles. The highest BCUT2D eigenvalue weighted by Gasteiger charge is 2.21. The number of thioether (sulfide) groups is 1. The summed E-state index contributed by atoms with van der Waals surface area (Å²) in [5.41, 5.74) is 5.06. The molecule has 0 aliphatic rings. The molecule has 0 spiro atoms. The van der Waals surface area contributed by atoms with Gasteiger partial charge in [-0.15, -0.1) is 11.8 Å². The van der Waals surface area contributed by atoms with Gasteiger partial charge in [0.05, 0.1) is 11.5 Å².